The molecule has 0 spiro atoms. The minimum Gasteiger partial charge on any atom is -0.469 e. The molecule has 12 aromatic heterocycles. The summed E-state index contributed by atoms with van der Waals surface area (Å²) < 4.78 is 9.90. The van der Waals surface area contributed by atoms with Crippen LogP contribution in [0.15, 0.2) is 149 Å². The van der Waals surface area contributed by atoms with Crippen molar-refractivity contribution in [3.05, 3.63) is 254 Å². The lowest BCUT2D eigenvalue weighted by Crippen LogP contribution is -2.45. The molecule has 15 rings (SSSR count). The number of carbonyl (C=O) groups is 9. The zero-order valence-corrected chi connectivity index (χ0v) is 88.9. The zero-order chi connectivity index (χ0) is 96.3. The molecule has 0 unspecified atom stereocenters. The number of amides is 1. The van der Waals surface area contributed by atoms with Crippen LogP contribution in [0.5, 0.6) is 0 Å². The van der Waals surface area contributed by atoms with Crippen molar-refractivity contribution in [2.45, 2.75) is 243 Å². The first-order valence-corrected chi connectivity index (χ1v) is 55.3. The summed E-state index contributed by atoms with van der Waals surface area (Å²) in [4.78, 5) is 128. The van der Waals surface area contributed by atoms with Gasteiger partial charge in [-0.2, -0.15) is 0 Å². The van der Waals surface area contributed by atoms with Crippen LogP contribution in [0.25, 0.3) is 0 Å². The van der Waals surface area contributed by atoms with Gasteiger partial charge >= 0.3 is 0 Å². The molecule has 3 fully saturated rings. The van der Waals surface area contributed by atoms with Crippen molar-refractivity contribution in [1.82, 2.24) is 19.7 Å². The van der Waals surface area contributed by atoms with Gasteiger partial charge in [-0.05, 0) is 252 Å². The molecule has 14 heterocycles. The number of aromatic nitrogens is 1. The fraction of sp³-hybridized carbons (Fsp3) is 0.462. The monoisotopic (exact) mass is 2000 g/mol. The molecular formula is C104H138N6O11S11. The number of likely N-dealkylation sites (tertiary alicyclic amines) is 2. The molecule has 0 atom stereocenters. The van der Waals surface area contributed by atoms with E-state index in [0.717, 1.165) is 168 Å². The molecule has 4 N–H and O–H groups in total. The van der Waals surface area contributed by atoms with E-state index in [1.165, 1.54) is 114 Å². The molecule has 12 aromatic rings. The van der Waals surface area contributed by atoms with E-state index in [2.05, 4.69) is 49.7 Å². The molecule has 17 nitrogen and oxygen atoms in total. The summed E-state index contributed by atoms with van der Waals surface area (Å²) in [5.74, 6) is 3.66. The van der Waals surface area contributed by atoms with Gasteiger partial charge in [0.2, 0.25) is 0 Å². The highest BCUT2D eigenvalue weighted by Crippen LogP contribution is 2.32. The van der Waals surface area contributed by atoms with E-state index in [4.69, 9.17) is 20.6 Å². The lowest BCUT2D eigenvalue weighted by Gasteiger charge is -2.36. The van der Waals surface area contributed by atoms with Gasteiger partial charge in [0.25, 0.3) is 5.91 Å². The summed E-state index contributed by atoms with van der Waals surface area (Å²) in [5, 5.41) is 22.2. The maximum atomic E-state index is 12.4. The minimum absolute atomic E-state index is 0.0526. The molecule has 716 valence electrons. The van der Waals surface area contributed by atoms with E-state index in [0.29, 0.717) is 74.8 Å². The summed E-state index contributed by atoms with van der Waals surface area (Å²) in [6, 6.07) is 24.1. The van der Waals surface area contributed by atoms with Crippen LogP contribution < -0.4 is 11.5 Å². The zero-order valence-electron chi connectivity index (χ0n) is 79.9. The Kier molecular flexibility index (Phi) is 54.5. The second kappa shape index (κ2) is 63.7. The van der Waals surface area contributed by atoms with Gasteiger partial charge < -0.3 is 35.3 Å². The van der Waals surface area contributed by atoms with Crippen molar-refractivity contribution in [2.24, 2.45) is 11.7 Å². The van der Waals surface area contributed by atoms with Crippen LogP contribution in [0.3, 0.4) is 0 Å². The maximum Gasteiger partial charge on any atom is 0.254 e. The highest BCUT2D eigenvalue weighted by Gasteiger charge is 2.29. The van der Waals surface area contributed by atoms with Crippen LogP contribution in [0.1, 0.15) is 308 Å². The molecule has 2 aliphatic heterocycles. The van der Waals surface area contributed by atoms with Crippen LogP contribution in [-0.4, -0.2) is 145 Å². The Labute approximate surface area is 828 Å². The number of nitrogens with zero attached hydrogens (tertiary/aromatic N) is 4. The van der Waals surface area contributed by atoms with Gasteiger partial charge in [0.05, 0.1) is 18.2 Å². The van der Waals surface area contributed by atoms with Crippen LogP contribution in [0.4, 0.5) is 5.69 Å². The first-order chi connectivity index (χ1) is 63.3. The van der Waals surface area contributed by atoms with Gasteiger partial charge in [-0.25, -0.2) is 4.98 Å². The Balaban J connectivity index is 0.000000227. The van der Waals surface area contributed by atoms with Crippen molar-refractivity contribution < 1.29 is 52.3 Å². The van der Waals surface area contributed by atoms with Gasteiger partial charge in [-0.15, -0.1) is 125 Å². The first kappa shape index (κ1) is 113. The summed E-state index contributed by atoms with van der Waals surface area (Å²) in [5.41, 5.74) is 19.4. The lowest BCUT2D eigenvalue weighted by atomic mass is 9.81. The number of hydrogen-bond donors (Lipinski definition) is 2. The standard InChI is InChI=1S/C15H22N2OS.C12H19NOS.C12H12O2S.C11H14OS.C11H16OS.C10H9NOS2.C10H15NOS.C10H14OS.C8H10O2S.C5H7NS/c1-12-10-13(11-19-12)15(18)17-8-4-14(5-9-17)16-6-2-3-7-16;1-10-8-11(9-15-10)12(14)6-4-5-7-13(2)3;1-9-7-10(8-15-9)12(13)5-4-11-3-2-6-14-11;1-8-5-10(7-13-8)11(12)6-9-3-2-4-9;1-3-4-5-6-11(12)10-7-9(2)13-8-10;1-7-4-8(6-14-7)9(12)5-10-11-2-3-13-10;1-8-6-9(7-13-8)10(12)4-2-3-5-11;1-3-4-5-10(11)9-6-8(2)12-7-9;1-6-3-7(5-11-6)8(9)4-10-2;1-4-2-5(6)3-7-4/h10-11,14H,2-9H2,1H3;8-9H,4-7H2,1-3H3;2-3,6-8H,4-5H2,1H3;5,7,9H,2-4,6H2,1H3;7-8H,3-6H2,1-2H3;2-4,6H,5H2,1H3;6-7H,2-5,11H2,1H3;6-7H,3-5H2,1-2H3;3,5H,4H2,1-2H3;2-3H,6H2,1H3. The van der Waals surface area contributed by atoms with Crippen LogP contribution in [0, 0.1) is 75.2 Å². The summed E-state index contributed by atoms with van der Waals surface area (Å²) >= 11 is 17.9. The molecule has 1 amide bonds. The smallest absolute Gasteiger partial charge is 0.254 e. The molecule has 1 aliphatic carbocycles. The van der Waals surface area contributed by atoms with Gasteiger partial charge in [0.1, 0.15) is 17.4 Å². The Morgan fingerprint density at radius 3 is 1.14 bits per heavy atom. The van der Waals surface area contributed by atoms with E-state index < -0.39 is 0 Å². The number of furan rings is 1. The number of unbranched alkanes of at least 4 members (excludes halogenated alkanes) is 5. The Hall–Kier alpha value is -7.62. The van der Waals surface area contributed by atoms with Crippen molar-refractivity contribution in [3.8, 4) is 0 Å². The summed E-state index contributed by atoms with van der Waals surface area (Å²) in [6.07, 6.45) is 26.7. The second-order valence-electron chi connectivity index (χ2n) is 33.3. The number of thiophene rings is 10. The molecule has 28 heteroatoms. The van der Waals surface area contributed by atoms with Gasteiger partial charge in [0, 0.05) is 236 Å². The number of Topliss-reactive ketones (excluding diaryl/α,β-unsaturated/α-hetero) is 8. The number of hydrogen-bond acceptors (Lipinski definition) is 27. The number of thiazole rings is 1. The third kappa shape index (κ3) is 44.9. The average molecular weight is 2000 g/mol. The number of methoxy groups -OCH3 is 1. The number of piperidine rings is 1. The van der Waals surface area contributed by atoms with Crippen LogP contribution in [0.2, 0.25) is 0 Å². The van der Waals surface area contributed by atoms with Crippen molar-refractivity contribution in [1.29, 1.82) is 0 Å². The van der Waals surface area contributed by atoms with E-state index in [1.807, 2.05) is 199 Å². The third-order valence-corrected chi connectivity index (χ3v) is 30.8. The normalized spacial score (nSPS) is 12.7. The fourth-order valence-electron chi connectivity index (χ4n) is 13.8. The van der Waals surface area contributed by atoms with E-state index in [1.54, 1.807) is 126 Å². The SMILES string of the molecule is CCCCC(=O)c1csc(C)c1.CCCCCC(=O)c1csc(C)c1.COCC(=O)c1csc(C)c1.Cc1cc(C(=O)CC2CCC2)cs1.Cc1cc(C(=O)CCCCN(C)C)cs1.Cc1cc(C(=O)CCCCN)cs1.Cc1cc(C(=O)CCc2ccco2)cs1.Cc1cc(C(=O)Cc2nccs2)cs1.Cc1cc(C(=O)N2CCC(N3CCCC3)CC2)cs1.Cc1cc(N)cs1. The van der Waals surface area contributed by atoms with E-state index in [9.17, 15) is 43.2 Å². The minimum atomic E-state index is 0.0526. The quantitative estimate of drug-likeness (QED) is 0.0277. The second-order valence-corrected chi connectivity index (χ2v) is 45.5. The van der Waals surface area contributed by atoms with Gasteiger partial charge in [0.15, 0.2) is 46.3 Å². The summed E-state index contributed by atoms with van der Waals surface area (Å²) in [6.45, 7) is 30.8. The highest BCUT2D eigenvalue weighted by molar-refractivity contribution is 7.13. The average Bonchev–Trinajstić information content (AvgIpc) is 1.59. The number of carbonyl (C=O) groups excluding carboxylic acids is 9. The molecule has 3 aliphatic rings. The molecule has 0 radical (unpaired) electrons. The maximum absolute atomic E-state index is 12.4. The molecule has 0 bridgehead atoms. The molecule has 0 aromatic carbocycles. The van der Waals surface area contributed by atoms with Crippen molar-refractivity contribution in [2.75, 3.05) is 72.8 Å². The number of ketones is 8. The molecular weight excluding hydrogens is 1860 g/mol. The third-order valence-electron chi connectivity index (χ3n) is 21.4. The van der Waals surface area contributed by atoms with Gasteiger partial charge in [-0.1, -0.05) is 52.4 Å². The number of rotatable bonds is 35. The van der Waals surface area contributed by atoms with Crippen molar-refractivity contribution in [3.63, 3.8) is 0 Å². The number of nitrogen functional groups attached to an aromatic ring is 1. The predicted molar refractivity (Wildman–Crippen MR) is 565 cm³/mol. The largest absolute Gasteiger partial charge is 0.469 e. The van der Waals surface area contributed by atoms with Crippen LogP contribution in [-0.2, 0) is 17.6 Å². The van der Waals surface area contributed by atoms with E-state index in [-0.39, 0.29) is 41.4 Å². The van der Waals surface area contributed by atoms with E-state index >= 15 is 0 Å². The van der Waals surface area contributed by atoms with Gasteiger partial charge in [-0.3, -0.25) is 43.2 Å². The Morgan fingerprint density at radius 1 is 0.432 bits per heavy atom. The highest BCUT2D eigenvalue weighted by atomic mass is 32.1. The lowest BCUT2D eigenvalue weighted by molar-refractivity contribution is 0.0643. The van der Waals surface area contributed by atoms with Crippen LogP contribution >= 0.6 is 125 Å². The topological polar surface area (TPSA) is 251 Å². The Bertz CT molecular complexity index is 5230. The molecule has 1 saturated carbocycles. The number of nitrogens with two attached hydrogens (primary N) is 2. The van der Waals surface area contributed by atoms with Crippen molar-refractivity contribution >= 4 is 183 Å². The number of anilines is 1. The fourth-order valence-corrected chi connectivity index (χ4v) is 21.3. The number of aryl methyl sites for hydroxylation is 11. The molecule has 2 saturated heterocycles. The number of ether oxygens (including phenoxy) is 1. The first-order valence-electron chi connectivity index (χ1n) is 45.6. The summed E-state index contributed by atoms with van der Waals surface area (Å²) in [7, 11) is 5.64. The predicted octanol–water partition coefficient (Wildman–Crippen LogP) is 28.7. The molecule has 132 heavy (non-hydrogen) atoms. The Morgan fingerprint density at radius 2 is 0.811 bits per heavy atom.